The third-order valence-electron chi connectivity index (χ3n) is 4.31. The van der Waals surface area contributed by atoms with Crippen LogP contribution in [0.25, 0.3) is 0 Å². The number of hydrogen-bond acceptors (Lipinski definition) is 7. The summed E-state index contributed by atoms with van der Waals surface area (Å²) in [5.41, 5.74) is 1.04. The molecule has 134 valence electrons. The second-order valence-corrected chi connectivity index (χ2v) is 6.96. The average molecular weight is 365 g/mol. The van der Waals surface area contributed by atoms with Crippen LogP contribution in [0, 0.1) is 10.1 Å². The smallest absolute Gasteiger partial charge is 0.283 e. The molecule has 1 aliphatic heterocycles. The normalized spacial score (nSPS) is 15.5. The lowest BCUT2D eigenvalue weighted by atomic mass is 10.2. The van der Waals surface area contributed by atoms with E-state index >= 15 is 0 Å². The van der Waals surface area contributed by atoms with E-state index in [2.05, 4.69) is 15.1 Å². The largest absolute Gasteiger partial charge is 0.391 e. The number of aryl methyl sites for hydroxylation is 1. The standard InChI is InChI=1S/C15H20N6O3S/c1-18-11-16-17-15(18)25-14-10-12(2-3-13(14)21(23)24)20-6-4-19(5-7-20)8-9-22/h2-3,10-11,22H,4-9H2,1H3/p+1. The van der Waals surface area contributed by atoms with Crippen LogP contribution in [-0.2, 0) is 7.05 Å². The number of nitrogens with zero attached hydrogens (tertiary/aromatic N) is 5. The SMILES string of the molecule is Cn1cnnc1Sc1cc(N2CC[NH+](CCO)CC2)ccc1[N+](=O)[O-]. The van der Waals surface area contributed by atoms with Crippen molar-refractivity contribution in [2.45, 2.75) is 10.1 Å². The summed E-state index contributed by atoms with van der Waals surface area (Å²) in [6.07, 6.45) is 1.57. The Labute approximate surface area is 149 Å². The maximum Gasteiger partial charge on any atom is 0.283 e. The van der Waals surface area contributed by atoms with Crippen molar-refractivity contribution in [3.8, 4) is 0 Å². The van der Waals surface area contributed by atoms with Crippen LogP contribution in [0.4, 0.5) is 11.4 Å². The third-order valence-corrected chi connectivity index (χ3v) is 5.41. The number of benzene rings is 1. The van der Waals surface area contributed by atoms with Crippen LogP contribution in [0.2, 0.25) is 0 Å². The second kappa shape index (κ2) is 7.81. The highest BCUT2D eigenvalue weighted by Crippen LogP contribution is 2.36. The fourth-order valence-electron chi connectivity index (χ4n) is 2.88. The van der Waals surface area contributed by atoms with Gasteiger partial charge >= 0.3 is 0 Å². The summed E-state index contributed by atoms with van der Waals surface area (Å²) in [6.45, 7) is 4.59. The number of aliphatic hydroxyl groups is 1. The molecule has 25 heavy (non-hydrogen) atoms. The Kier molecular flexibility index (Phi) is 5.51. The molecule has 1 fully saturated rings. The van der Waals surface area contributed by atoms with Crippen molar-refractivity contribution < 1.29 is 14.9 Å². The highest BCUT2D eigenvalue weighted by atomic mass is 32.2. The number of nitrogens with one attached hydrogen (secondary N) is 1. The monoisotopic (exact) mass is 365 g/mol. The first-order chi connectivity index (χ1) is 12.1. The van der Waals surface area contributed by atoms with Crippen LogP contribution >= 0.6 is 11.8 Å². The van der Waals surface area contributed by atoms with Crippen LogP contribution in [-0.4, -0.2) is 64.1 Å². The lowest BCUT2D eigenvalue weighted by molar-refractivity contribution is -0.900. The van der Waals surface area contributed by atoms with Crippen molar-refractivity contribution >= 4 is 23.1 Å². The molecule has 1 saturated heterocycles. The highest BCUT2D eigenvalue weighted by molar-refractivity contribution is 7.99. The van der Waals surface area contributed by atoms with Crippen molar-refractivity contribution in [3.63, 3.8) is 0 Å². The third kappa shape index (κ3) is 4.09. The number of rotatable bonds is 6. The maximum atomic E-state index is 11.3. The van der Waals surface area contributed by atoms with E-state index in [4.69, 9.17) is 5.11 Å². The van der Waals surface area contributed by atoms with E-state index in [-0.39, 0.29) is 17.2 Å². The lowest BCUT2D eigenvalue weighted by Crippen LogP contribution is -3.15. The van der Waals surface area contributed by atoms with Gasteiger partial charge in [0.15, 0.2) is 5.16 Å². The summed E-state index contributed by atoms with van der Waals surface area (Å²) >= 11 is 1.25. The Bertz CT molecular complexity index is 745. The summed E-state index contributed by atoms with van der Waals surface area (Å²) in [4.78, 5) is 15.1. The maximum absolute atomic E-state index is 11.3. The number of anilines is 1. The van der Waals surface area contributed by atoms with Crippen molar-refractivity contribution in [1.29, 1.82) is 0 Å². The van der Waals surface area contributed by atoms with Gasteiger partial charge in [0.2, 0.25) is 0 Å². The number of nitro benzene ring substituents is 1. The van der Waals surface area contributed by atoms with Gasteiger partial charge in [-0.05, 0) is 23.9 Å². The molecule has 0 aliphatic carbocycles. The lowest BCUT2D eigenvalue weighted by Gasteiger charge is -2.33. The van der Waals surface area contributed by atoms with Crippen molar-refractivity contribution in [3.05, 3.63) is 34.6 Å². The predicted molar refractivity (Wildman–Crippen MR) is 93.1 cm³/mol. The molecule has 2 heterocycles. The van der Waals surface area contributed by atoms with Gasteiger partial charge < -0.3 is 19.5 Å². The first-order valence-corrected chi connectivity index (χ1v) is 8.90. The Hall–Kier alpha value is -2.17. The molecule has 0 unspecified atom stereocenters. The molecule has 0 radical (unpaired) electrons. The molecule has 0 atom stereocenters. The average Bonchev–Trinajstić information content (AvgIpc) is 3.00. The minimum atomic E-state index is -0.369. The molecule has 0 saturated carbocycles. The van der Waals surface area contributed by atoms with E-state index in [1.54, 1.807) is 30.1 Å². The van der Waals surface area contributed by atoms with Crippen LogP contribution in [0.5, 0.6) is 0 Å². The summed E-state index contributed by atoms with van der Waals surface area (Å²) in [5.74, 6) is 0. The van der Waals surface area contributed by atoms with Crippen molar-refractivity contribution in [2.75, 3.05) is 44.2 Å². The number of aliphatic hydroxyl groups excluding tert-OH is 1. The van der Waals surface area contributed by atoms with Gasteiger partial charge in [-0.3, -0.25) is 10.1 Å². The fraction of sp³-hybridized carbons (Fsp3) is 0.467. The number of piperazine rings is 1. The molecule has 0 amide bonds. The fourth-order valence-corrected chi connectivity index (χ4v) is 3.79. The van der Waals surface area contributed by atoms with E-state index in [1.165, 1.54) is 16.7 Å². The van der Waals surface area contributed by atoms with Gasteiger partial charge in [-0.25, -0.2) is 0 Å². The Morgan fingerprint density at radius 1 is 1.40 bits per heavy atom. The number of hydrogen-bond donors (Lipinski definition) is 2. The molecule has 3 rings (SSSR count). The second-order valence-electron chi connectivity index (χ2n) is 5.95. The summed E-state index contributed by atoms with van der Waals surface area (Å²) in [5, 5.41) is 28.8. The van der Waals surface area contributed by atoms with E-state index in [0.29, 0.717) is 10.1 Å². The number of nitro groups is 1. The minimum Gasteiger partial charge on any atom is -0.391 e. The zero-order chi connectivity index (χ0) is 17.8. The molecule has 9 nitrogen and oxygen atoms in total. The van der Waals surface area contributed by atoms with Gasteiger partial charge in [0.25, 0.3) is 5.69 Å². The summed E-state index contributed by atoms with van der Waals surface area (Å²) in [6, 6.07) is 5.21. The van der Waals surface area contributed by atoms with Crippen LogP contribution in [0.1, 0.15) is 0 Å². The highest BCUT2D eigenvalue weighted by Gasteiger charge is 2.23. The molecule has 0 bridgehead atoms. The van der Waals surface area contributed by atoms with Gasteiger partial charge in [0.05, 0.1) is 42.6 Å². The minimum absolute atomic E-state index is 0.0706. The molecule has 1 aliphatic rings. The molecule has 2 N–H and O–H groups in total. The van der Waals surface area contributed by atoms with Gasteiger partial charge in [-0.15, -0.1) is 10.2 Å². The van der Waals surface area contributed by atoms with Crippen molar-refractivity contribution in [1.82, 2.24) is 14.8 Å². The summed E-state index contributed by atoms with van der Waals surface area (Å²) in [7, 11) is 1.81. The van der Waals surface area contributed by atoms with Gasteiger partial charge in [0.1, 0.15) is 12.9 Å². The molecular weight excluding hydrogens is 344 g/mol. The van der Waals surface area contributed by atoms with E-state index in [1.807, 2.05) is 6.07 Å². The first kappa shape index (κ1) is 17.6. The van der Waals surface area contributed by atoms with Crippen molar-refractivity contribution in [2.24, 2.45) is 7.05 Å². The van der Waals surface area contributed by atoms with Crippen LogP contribution < -0.4 is 9.80 Å². The molecule has 2 aromatic rings. The Morgan fingerprint density at radius 3 is 2.76 bits per heavy atom. The molecule has 10 heteroatoms. The number of aromatic nitrogens is 3. The van der Waals surface area contributed by atoms with Gasteiger partial charge in [-0.1, -0.05) is 0 Å². The van der Waals surface area contributed by atoms with Crippen LogP contribution in [0.15, 0.2) is 34.6 Å². The van der Waals surface area contributed by atoms with E-state index in [9.17, 15) is 10.1 Å². The zero-order valence-corrected chi connectivity index (χ0v) is 14.8. The van der Waals surface area contributed by atoms with Gasteiger partial charge in [0, 0.05) is 18.8 Å². The summed E-state index contributed by atoms with van der Waals surface area (Å²) < 4.78 is 1.73. The van der Waals surface area contributed by atoms with E-state index < -0.39 is 0 Å². The molecule has 1 aromatic heterocycles. The number of quaternary nitrogens is 1. The molecule has 0 spiro atoms. The zero-order valence-electron chi connectivity index (χ0n) is 14.0. The first-order valence-electron chi connectivity index (χ1n) is 8.08. The Balaban J connectivity index is 1.81. The van der Waals surface area contributed by atoms with Crippen LogP contribution in [0.3, 0.4) is 0 Å². The topological polar surface area (TPSA) is 102 Å². The predicted octanol–water partition coefficient (Wildman–Crippen LogP) is -0.428. The quantitative estimate of drug-likeness (QED) is 0.529. The van der Waals surface area contributed by atoms with E-state index in [0.717, 1.165) is 38.4 Å². The molecule has 1 aromatic carbocycles. The Morgan fingerprint density at radius 2 is 2.16 bits per heavy atom. The van der Waals surface area contributed by atoms with Gasteiger partial charge in [-0.2, -0.15) is 0 Å². The molecular formula is C15H21N6O3S+.